The van der Waals surface area contributed by atoms with Gasteiger partial charge < -0.3 is 20.8 Å². The Morgan fingerprint density at radius 2 is 1.97 bits per heavy atom. The molecule has 156 valence electrons. The number of nitrogen functional groups attached to an aromatic ring is 2. The number of benzene rings is 1. The van der Waals surface area contributed by atoms with Crippen LogP contribution in [-0.4, -0.2) is 25.6 Å². The zero-order valence-electron chi connectivity index (χ0n) is 17.0. The summed E-state index contributed by atoms with van der Waals surface area (Å²) in [6, 6.07) is 10.2. The van der Waals surface area contributed by atoms with Crippen molar-refractivity contribution < 1.29 is 4.74 Å². The number of hydrogen-bond acceptors (Lipinski definition) is 6. The average molecular weight is 469 g/mol. The highest BCUT2D eigenvalue weighted by atomic mass is 79.9. The number of fused-ring (bicyclic) bond motifs is 2. The van der Waals surface area contributed by atoms with E-state index in [1.807, 2.05) is 22.9 Å². The van der Waals surface area contributed by atoms with Crippen molar-refractivity contribution >= 4 is 49.5 Å². The number of hydrogen-bond donors (Lipinski definition) is 2. The van der Waals surface area contributed by atoms with Crippen molar-refractivity contribution in [2.45, 2.75) is 45.4 Å². The van der Waals surface area contributed by atoms with Crippen molar-refractivity contribution in [3.05, 3.63) is 52.9 Å². The Morgan fingerprint density at radius 1 is 1.13 bits per heavy atom. The summed E-state index contributed by atoms with van der Waals surface area (Å²) in [5, 5.41) is 1.91. The van der Waals surface area contributed by atoms with Gasteiger partial charge >= 0.3 is 0 Å². The first kappa shape index (κ1) is 20.6. The summed E-state index contributed by atoms with van der Waals surface area (Å²) in [5.41, 5.74) is 14.8. The average Bonchev–Trinajstić information content (AvgIpc) is 3.17. The summed E-state index contributed by atoms with van der Waals surface area (Å²) in [7, 11) is 0. The first-order chi connectivity index (χ1) is 14.5. The molecule has 4 rings (SSSR count). The minimum atomic E-state index is -0.109. The lowest BCUT2D eigenvalue weighted by atomic mass is 10.0. The van der Waals surface area contributed by atoms with Crippen molar-refractivity contribution in [3.63, 3.8) is 0 Å². The number of nitrogens with two attached hydrogens (primary N) is 2. The highest BCUT2D eigenvalue weighted by Crippen LogP contribution is 2.27. The maximum absolute atomic E-state index is 6.36. The van der Waals surface area contributed by atoms with Crippen molar-refractivity contribution in [1.29, 1.82) is 0 Å². The van der Waals surface area contributed by atoms with Gasteiger partial charge in [0.15, 0.2) is 0 Å². The van der Waals surface area contributed by atoms with Crippen LogP contribution in [0, 0.1) is 0 Å². The zero-order valence-corrected chi connectivity index (χ0v) is 18.6. The standard InChI is InChI=1S/C22H25BrN6O/c1-3-19(29-9-8-16-20(24)26-12-27-22(16)29)30-13(2)4-5-14-6-7-15-11-17(23)21(25)28-18(15)10-14/h6-13,19H,3-5H2,1-2H3,(H2,25,28)(H2,24,26,27). The number of ether oxygens (including phenoxy) is 1. The van der Waals surface area contributed by atoms with Crippen LogP contribution in [0.1, 0.15) is 38.5 Å². The van der Waals surface area contributed by atoms with E-state index in [0.29, 0.717) is 11.6 Å². The van der Waals surface area contributed by atoms with Crippen LogP contribution >= 0.6 is 15.9 Å². The molecule has 0 aliphatic carbocycles. The molecule has 0 bridgehead atoms. The van der Waals surface area contributed by atoms with Crippen LogP contribution in [-0.2, 0) is 11.2 Å². The van der Waals surface area contributed by atoms with Crippen molar-refractivity contribution in [3.8, 4) is 0 Å². The molecular weight excluding hydrogens is 444 g/mol. The van der Waals surface area contributed by atoms with Crippen LogP contribution in [0.15, 0.2) is 47.3 Å². The Hall–Kier alpha value is -2.71. The summed E-state index contributed by atoms with van der Waals surface area (Å²) in [6.07, 6.45) is 6.04. The molecule has 1 aromatic carbocycles. The maximum atomic E-state index is 6.36. The van der Waals surface area contributed by atoms with E-state index in [1.165, 1.54) is 11.9 Å². The highest BCUT2D eigenvalue weighted by Gasteiger charge is 2.17. The minimum absolute atomic E-state index is 0.0743. The molecule has 30 heavy (non-hydrogen) atoms. The molecule has 0 fully saturated rings. The van der Waals surface area contributed by atoms with Gasteiger partial charge in [-0.05, 0) is 65.9 Å². The van der Waals surface area contributed by atoms with Crippen LogP contribution in [0.3, 0.4) is 0 Å². The molecule has 2 unspecified atom stereocenters. The van der Waals surface area contributed by atoms with Gasteiger partial charge in [0.05, 0.1) is 21.5 Å². The zero-order chi connectivity index (χ0) is 21.3. The Labute approximate surface area is 183 Å². The SMILES string of the molecule is CCC(OC(C)CCc1ccc2cc(Br)c(N)nc2c1)n1ccc2c(N)ncnc21. The van der Waals surface area contributed by atoms with Gasteiger partial charge in [-0.15, -0.1) is 0 Å². The Kier molecular flexibility index (Phi) is 5.87. The number of halogens is 1. The van der Waals surface area contributed by atoms with Gasteiger partial charge in [0.25, 0.3) is 0 Å². The van der Waals surface area contributed by atoms with Gasteiger partial charge in [0.2, 0.25) is 0 Å². The van der Waals surface area contributed by atoms with Crippen LogP contribution in [0.4, 0.5) is 11.6 Å². The van der Waals surface area contributed by atoms with E-state index < -0.39 is 0 Å². The predicted molar refractivity (Wildman–Crippen MR) is 124 cm³/mol. The molecule has 3 heterocycles. The van der Waals surface area contributed by atoms with Crippen molar-refractivity contribution in [1.82, 2.24) is 19.5 Å². The monoisotopic (exact) mass is 468 g/mol. The van der Waals surface area contributed by atoms with Crippen molar-refractivity contribution in [2.75, 3.05) is 11.5 Å². The number of aromatic nitrogens is 4. The summed E-state index contributed by atoms with van der Waals surface area (Å²) in [4.78, 5) is 12.9. The topological polar surface area (TPSA) is 105 Å². The van der Waals surface area contributed by atoms with Gasteiger partial charge in [-0.3, -0.25) is 0 Å². The summed E-state index contributed by atoms with van der Waals surface area (Å²) >= 11 is 3.43. The molecule has 0 saturated heterocycles. The number of aryl methyl sites for hydroxylation is 1. The van der Waals surface area contributed by atoms with E-state index in [9.17, 15) is 0 Å². The lowest BCUT2D eigenvalue weighted by molar-refractivity contribution is -0.0482. The smallest absolute Gasteiger partial charge is 0.147 e. The molecule has 4 aromatic rings. The van der Waals surface area contributed by atoms with Crippen LogP contribution < -0.4 is 11.5 Å². The molecule has 8 heteroatoms. The maximum Gasteiger partial charge on any atom is 0.147 e. The van der Waals surface area contributed by atoms with Crippen LogP contribution in [0.2, 0.25) is 0 Å². The minimum Gasteiger partial charge on any atom is -0.383 e. The van der Waals surface area contributed by atoms with E-state index in [4.69, 9.17) is 16.2 Å². The Balaban J connectivity index is 1.44. The largest absolute Gasteiger partial charge is 0.383 e. The molecule has 0 aliphatic rings. The molecule has 4 N–H and O–H groups in total. The fourth-order valence-electron chi connectivity index (χ4n) is 3.64. The van der Waals surface area contributed by atoms with Gasteiger partial charge in [0.1, 0.15) is 29.8 Å². The summed E-state index contributed by atoms with van der Waals surface area (Å²) in [6.45, 7) is 4.21. The first-order valence-corrected chi connectivity index (χ1v) is 10.8. The van der Waals surface area contributed by atoms with Gasteiger partial charge in [-0.25, -0.2) is 15.0 Å². The summed E-state index contributed by atoms with van der Waals surface area (Å²) < 4.78 is 9.21. The third-order valence-electron chi connectivity index (χ3n) is 5.29. The predicted octanol–water partition coefficient (Wildman–Crippen LogP) is 4.85. The number of pyridine rings is 1. The van der Waals surface area contributed by atoms with E-state index in [-0.39, 0.29) is 12.3 Å². The fourth-order valence-corrected chi connectivity index (χ4v) is 3.98. The summed E-state index contributed by atoms with van der Waals surface area (Å²) in [5.74, 6) is 0.991. The van der Waals surface area contributed by atoms with E-state index in [1.54, 1.807) is 0 Å². The molecule has 7 nitrogen and oxygen atoms in total. The molecule has 3 aromatic heterocycles. The molecular formula is C22H25BrN6O. The number of rotatable bonds is 7. The number of anilines is 2. The number of nitrogens with zero attached hydrogens (tertiary/aromatic N) is 4. The molecule has 0 radical (unpaired) electrons. The first-order valence-electron chi connectivity index (χ1n) is 10.0. The van der Waals surface area contributed by atoms with Crippen LogP contribution in [0.5, 0.6) is 0 Å². The third kappa shape index (κ3) is 4.11. The second-order valence-electron chi connectivity index (χ2n) is 7.45. The normalized spacial score (nSPS) is 13.7. The van der Waals surface area contributed by atoms with E-state index in [0.717, 1.165) is 45.7 Å². The third-order valence-corrected chi connectivity index (χ3v) is 5.93. The molecule has 0 amide bonds. The lowest BCUT2D eigenvalue weighted by Gasteiger charge is -2.23. The fraction of sp³-hybridized carbons (Fsp3) is 0.318. The second-order valence-corrected chi connectivity index (χ2v) is 8.30. The second kappa shape index (κ2) is 8.57. The molecule has 0 saturated carbocycles. The molecule has 0 spiro atoms. The Bertz CT molecular complexity index is 1190. The van der Waals surface area contributed by atoms with Gasteiger partial charge in [0, 0.05) is 11.6 Å². The van der Waals surface area contributed by atoms with E-state index >= 15 is 0 Å². The van der Waals surface area contributed by atoms with Gasteiger partial charge in [-0.2, -0.15) is 0 Å². The highest BCUT2D eigenvalue weighted by molar-refractivity contribution is 9.10. The quantitative estimate of drug-likeness (QED) is 0.401. The molecule has 0 aliphatic heterocycles. The van der Waals surface area contributed by atoms with Gasteiger partial charge in [-0.1, -0.05) is 19.1 Å². The van der Waals surface area contributed by atoms with Crippen molar-refractivity contribution in [2.24, 2.45) is 0 Å². The lowest BCUT2D eigenvalue weighted by Crippen LogP contribution is -2.19. The van der Waals surface area contributed by atoms with Crippen LogP contribution in [0.25, 0.3) is 21.9 Å². The molecule has 2 atom stereocenters. The van der Waals surface area contributed by atoms with E-state index in [2.05, 4.69) is 62.9 Å². The Morgan fingerprint density at radius 3 is 2.77 bits per heavy atom.